The quantitative estimate of drug-likeness (QED) is 0.553. The highest BCUT2D eigenvalue weighted by atomic mass is 16.5. The van der Waals surface area contributed by atoms with Gasteiger partial charge in [-0.05, 0) is 31.0 Å². The minimum atomic E-state index is 0.542. The fourth-order valence-corrected chi connectivity index (χ4v) is 5.50. The standard InChI is InChI=1S/C26H33N5O3/c1-2-6-24-23(5-1)26(28-34-24)31-11-10-30-16-20(8-9-22(30)18-31)19-33-25-7-3-4-21(27-25)17-29-12-14-32-15-13-29/h1-7,20,22H,8-19H2. The minimum Gasteiger partial charge on any atom is -0.477 e. The van der Waals surface area contributed by atoms with Crippen molar-refractivity contribution in [3.8, 4) is 5.88 Å². The molecule has 0 N–H and O–H groups in total. The van der Waals surface area contributed by atoms with Crippen molar-refractivity contribution in [1.29, 1.82) is 0 Å². The van der Waals surface area contributed by atoms with Crippen LogP contribution in [0.25, 0.3) is 11.0 Å². The van der Waals surface area contributed by atoms with Crippen molar-refractivity contribution in [2.24, 2.45) is 5.92 Å². The smallest absolute Gasteiger partial charge is 0.213 e. The molecule has 0 amide bonds. The van der Waals surface area contributed by atoms with E-state index in [0.29, 0.717) is 12.0 Å². The Kier molecular flexibility index (Phi) is 6.35. The molecular formula is C26H33N5O3. The zero-order chi connectivity index (χ0) is 22.7. The lowest BCUT2D eigenvalue weighted by atomic mass is 9.91. The Morgan fingerprint density at radius 3 is 2.79 bits per heavy atom. The SMILES string of the molecule is c1cc(CN2CCOCC2)nc(OCC2CCC3CN(c4noc5ccccc45)CCN3C2)c1. The Balaban J connectivity index is 1.01. The van der Waals surface area contributed by atoms with Gasteiger partial charge in [0, 0.05) is 63.8 Å². The van der Waals surface area contributed by atoms with Crippen LogP contribution in [0.3, 0.4) is 0 Å². The van der Waals surface area contributed by atoms with Crippen LogP contribution in [0.4, 0.5) is 5.82 Å². The number of anilines is 1. The number of rotatable bonds is 6. The maximum absolute atomic E-state index is 6.17. The van der Waals surface area contributed by atoms with Gasteiger partial charge in [0.25, 0.3) is 0 Å². The second-order valence-electron chi connectivity index (χ2n) is 9.71. The second-order valence-corrected chi connectivity index (χ2v) is 9.71. The van der Waals surface area contributed by atoms with E-state index in [-0.39, 0.29) is 0 Å². The van der Waals surface area contributed by atoms with Gasteiger partial charge in [-0.1, -0.05) is 23.4 Å². The Morgan fingerprint density at radius 2 is 1.85 bits per heavy atom. The van der Waals surface area contributed by atoms with Gasteiger partial charge in [-0.25, -0.2) is 4.98 Å². The number of pyridine rings is 1. The highest BCUT2D eigenvalue weighted by molar-refractivity contribution is 5.88. The molecule has 8 heteroatoms. The lowest BCUT2D eigenvalue weighted by Crippen LogP contribution is -2.57. The first kappa shape index (κ1) is 21.8. The maximum atomic E-state index is 6.17. The molecular weight excluding hydrogens is 430 g/mol. The molecule has 3 aliphatic rings. The number of aromatic nitrogens is 2. The van der Waals surface area contributed by atoms with Gasteiger partial charge in [0.2, 0.25) is 5.88 Å². The van der Waals surface area contributed by atoms with Gasteiger partial charge in [-0.15, -0.1) is 0 Å². The fourth-order valence-electron chi connectivity index (χ4n) is 5.50. The summed E-state index contributed by atoms with van der Waals surface area (Å²) in [4.78, 5) is 12.2. The van der Waals surface area contributed by atoms with Crippen LogP contribution in [0.15, 0.2) is 47.0 Å². The van der Waals surface area contributed by atoms with Crippen molar-refractivity contribution >= 4 is 16.8 Å². The van der Waals surface area contributed by atoms with E-state index >= 15 is 0 Å². The van der Waals surface area contributed by atoms with Crippen LogP contribution >= 0.6 is 0 Å². The van der Waals surface area contributed by atoms with E-state index in [1.807, 2.05) is 18.2 Å². The number of nitrogens with zero attached hydrogens (tertiary/aromatic N) is 5. The molecule has 180 valence electrons. The molecule has 0 spiro atoms. The monoisotopic (exact) mass is 463 g/mol. The summed E-state index contributed by atoms with van der Waals surface area (Å²) in [6.45, 7) is 9.27. The predicted octanol–water partition coefficient (Wildman–Crippen LogP) is 3.03. The molecule has 8 nitrogen and oxygen atoms in total. The van der Waals surface area contributed by atoms with Crippen molar-refractivity contribution < 1.29 is 14.0 Å². The highest BCUT2D eigenvalue weighted by Gasteiger charge is 2.34. The van der Waals surface area contributed by atoms with Gasteiger partial charge in [-0.2, -0.15) is 0 Å². The first-order valence-corrected chi connectivity index (χ1v) is 12.5. The number of para-hydroxylation sites is 1. The van der Waals surface area contributed by atoms with Gasteiger partial charge >= 0.3 is 0 Å². The van der Waals surface area contributed by atoms with Gasteiger partial charge < -0.3 is 18.9 Å². The Bertz CT molecular complexity index is 1100. The average molecular weight is 464 g/mol. The molecule has 2 unspecified atom stereocenters. The molecule has 3 aliphatic heterocycles. The summed E-state index contributed by atoms with van der Waals surface area (Å²) >= 11 is 0. The zero-order valence-corrected chi connectivity index (χ0v) is 19.6. The number of piperidine rings is 1. The van der Waals surface area contributed by atoms with Crippen molar-refractivity contribution in [2.45, 2.75) is 25.4 Å². The number of hydrogen-bond acceptors (Lipinski definition) is 8. The molecule has 6 rings (SSSR count). The number of fused-ring (bicyclic) bond motifs is 2. The lowest BCUT2D eigenvalue weighted by molar-refractivity contribution is 0.0335. The number of hydrogen-bond donors (Lipinski definition) is 0. The highest BCUT2D eigenvalue weighted by Crippen LogP contribution is 2.31. The Morgan fingerprint density at radius 1 is 0.941 bits per heavy atom. The summed E-state index contributed by atoms with van der Waals surface area (Å²) in [5.41, 5.74) is 1.93. The van der Waals surface area contributed by atoms with Crippen molar-refractivity contribution in [1.82, 2.24) is 19.9 Å². The van der Waals surface area contributed by atoms with Crippen molar-refractivity contribution in [2.75, 3.05) is 64.0 Å². The van der Waals surface area contributed by atoms with Crippen LogP contribution in [-0.2, 0) is 11.3 Å². The molecule has 5 heterocycles. The van der Waals surface area contributed by atoms with E-state index < -0.39 is 0 Å². The van der Waals surface area contributed by atoms with Crippen molar-refractivity contribution in [3.63, 3.8) is 0 Å². The average Bonchev–Trinajstić information content (AvgIpc) is 3.32. The Hall–Kier alpha value is -2.68. The predicted molar refractivity (Wildman–Crippen MR) is 130 cm³/mol. The summed E-state index contributed by atoms with van der Waals surface area (Å²) in [6, 6.07) is 14.8. The number of benzene rings is 1. The third-order valence-corrected chi connectivity index (χ3v) is 7.40. The third-order valence-electron chi connectivity index (χ3n) is 7.40. The molecule has 2 aromatic heterocycles. The molecule has 2 atom stereocenters. The first-order valence-electron chi connectivity index (χ1n) is 12.5. The van der Waals surface area contributed by atoms with E-state index in [2.05, 4.69) is 44.1 Å². The zero-order valence-electron chi connectivity index (χ0n) is 19.6. The van der Waals surface area contributed by atoms with Gasteiger partial charge in [-0.3, -0.25) is 9.80 Å². The molecule has 3 fully saturated rings. The summed E-state index contributed by atoms with van der Waals surface area (Å²) in [5.74, 6) is 2.28. The van der Waals surface area contributed by atoms with Crippen LogP contribution in [0.1, 0.15) is 18.5 Å². The van der Waals surface area contributed by atoms with Gasteiger partial charge in [0.1, 0.15) is 0 Å². The molecule has 3 aromatic rings. The van der Waals surface area contributed by atoms with Crippen LogP contribution in [0.2, 0.25) is 0 Å². The van der Waals surface area contributed by atoms with E-state index in [9.17, 15) is 0 Å². The van der Waals surface area contributed by atoms with E-state index in [1.165, 1.54) is 12.8 Å². The molecule has 0 bridgehead atoms. The van der Waals surface area contributed by atoms with Gasteiger partial charge in [0.15, 0.2) is 11.4 Å². The van der Waals surface area contributed by atoms with Gasteiger partial charge in [0.05, 0.1) is 30.9 Å². The molecule has 0 saturated carbocycles. The van der Waals surface area contributed by atoms with Crippen LogP contribution in [0.5, 0.6) is 5.88 Å². The molecule has 1 aromatic carbocycles. The summed E-state index contributed by atoms with van der Waals surface area (Å²) in [5, 5.41) is 5.49. The normalized spacial score (nSPS) is 24.3. The maximum Gasteiger partial charge on any atom is 0.213 e. The first-order chi connectivity index (χ1) is 16.8. The van der Waals surface area contributed by atoms with E-state index in [1.54, 1.807) is 0 Å². The summed E-state index contributed by atoms with van der Waals surface area (Å²) < 4.78 is 17.2. The topological polar surface area (TPSA) is 67.1 Å². The second kappa shape index (κ2) is 9.90. The van der Waals surface area contributed by atoms with E-state index in [4.69, 9.17) is 19.0 Å². The van der Waals surface area contributed by atoms with Crippen LogP contribution in [-0.4, -0.2) is 85.1 Å². The minimum absolute atomic E-state index is 0.542. The summed E-state index contributed by atoms with van der Waals surface area (Å²) in [6.07, 6.45) is 2.37. The fraction of sp³-hybridized carbons (Fsp3) is 0.538. The number of piperazine rings is 1. The largest absolute Gasteiger partial charge is 0.477 e. The number of ether oxygens (including phenoxy) is 2. The molecule has 0 radical (unpaired) electrons. The van der Waals surface area contributed by atoms with Crippen LogP contribution < -0.4 is 9.64 Å². The molecule has 0 aliphatic carbocycles. The molecule has 34 heavy (non-hydrogen) atoms. The lowest BCUT2D eigenvalue weighted by Gasteiger charge is -2.46. The Labute approximate surface area is 200 Å². The number of morpholine rings is 1. The third kappa shape index (κ3) is 4.76. The van der Waals surface area contributed by atoms with Crippen LogP contribution in [0, 0.1) is 5.92 Å². The van der Waals surface area contributed by atoms with E-state index in [0.717, 1.165) is 94.0 Å². The molecule has 3 saturated heterocycles. The van der Waals surface area contributed by atoms with Crippen molar-refractivity contribution in [3.05, 3.63) is 48.2 Å². The summed E-state index contributed by atoms with van der Waals surface area (Å²) in [7, 11) is 0.